The first-order valence-corrected chi connectivity index (χ1v) is 8.39. The van der Waals surface area contributed by atoms with Crippen LogP contribution in [0.5, 0.6) is 0 Å². The molecule has 1 aromatic heterocycles. The predicted molar refractivity (Wildman–Crippen MR) is 90.5 cm³/mol. The minimum absolute atomic E-state index is 0.153. The summed E-state index contributed by atoms with van der Waals surface area (Å²) in [5, 5.41) is 6.29. The van der Waals surface area contributed by atoms with E-state index >= 15 is 0 Å². The van der Waals surface area contributed by atoms with Crippen LogP contribution in [0.3, 0.4) is 0 Å². The summed E-state index contributed by atoms with van der Waals surface area (Å²) in [4.78, 5) is 15.8. The molecule has 0 radical (unpaired) electrons. The van der Waals surface area contributed by atoms with Gasteiger partial charge in [0.25, 0.3) is 0 Å². The van der Waals surface area contributed by atoms with Crippen molar-refractivity contribution in [3.8, 4) is 0 Å². The molecule has 2 aromatic rings. The number of carbonyl (C=O) groups is 1. The molecule has 0 unspecified atom stereocenters. The highest BCUT2D eigenvalue weighted by Crippen LogP contribution is 2.25. The molecule has 0 atom stereocenters. The second-order valence-corrected chi connectivity index (χ2v) is 6.16. The van der Waals surface area contributed by atoms with Crippen molar-refractivity contribution in [3.05, 3.63) is 24.0 Å². The topological polar surface area (TPSA) is 68.2 Å². The maximum atomic E-state index is 13.8. The van der Waals surface area contributed by atoms with Gasteiger partial charge in [0.2, 0.25) is 5.95 Å². The first kappa shape index (κ1) is 16.5. The second-order valence-electron chi connectivity index (χ2n) is 6.16. The van der Waals surface area contributed by atoms with Gasteiger partial charge in [0, 0.05) is 19.1 Å². The number of hydrogen-bond donors (Lipinski definition) is 2. The third-order valence-corrected chi connectivity index (χ3v) is 4.52. The number of anilines is 1. The molecule has 0 saturated heterocycles. The summed E-state index contributed by atoms with van der Waals surface area (Å²) in [6, 6.07) is 5.39. The van der Waals surface area contributed by atoms with Crippen LogP contribution in [-0.2, 0) is 11.8 Å². The molecule has 6 nitrogen and oxygen atoms in total. The average molecular weight is 334 g/mol. The van der Waals surface area contributed by atoms with Gasteiger partial charge in [0.15, 0.2) is 5.82 Å². The van der Waals surface area contributed by atoms with Crippen LogP contribution in [0.25, 0.3) is 11.0 Å². The van der Waals surface area contributed by atoms with Gasteiger partial charge in [-0.15, -0.1) is 0 Å². The number of imidazole rings is 1. The smallest absolute Gasteiger partial charge is 0.407 e. The van der Waals surface area contributed by atoms with Crippen LogP contribution in [0.15, 0.2) is 18.2 Å². The highest BCUT2D eigenvalue weighted by atomic mass is 19.1. The predicted octanol–water partition coefficient (Wildman–Crippen LogP) is 3.18. The fourth-order valence-corrected chi connectivity index (χ4v) is 3.21. The zero-order valence-electron chi connectivity index (χ0n) is 14.0. The van der Waals surface area contributed by atoms with Crippen molar-refractivity contribution in [1.82, 2.24) is 14.9 Å². The van der Waals surface area contributed by atoms with Gasteiger partial charge in [0.05, 0.1) is 12.1 Å². The number of aromatic nitrogens is 2. The lowest BCUT2D eigenvalue weighted by Crippen LogP contribution is -2.40. The monoisotopic (exact) mass is 334 g/mol. The highest BCUT2D eigenvalue weighted by Gasteiger charge is 2.24. The van der Waals surface area contributed by atoms with E-state index in [1.54, 1.807) is 13.0 Å². The van der Waals surface area contributed by atoms with Gasteiger partial charge in [-0.3, -0.25) is 0 Å². The first-order valence-electron chi connectivity index (χ1n) is 8.39. The van der Waals surface area contributed by atoms with E-state index in [1.165, 1.54) is 6.07 Å². The van der Waals surface area contributed by atoms with Crippen molar-refractivity contribution in [2.45, 2.75) is 44.7 Å². The van der Waals surface area contributed by atoms with E-state index in [2.05, 4.69) is 15.6 Å². The molecular formula is C17H23FN4O2. The van der Waals surface area contributed by atoms with Crippen LogP contribution in [0.1, 0.15) is 32.6 Å². The molecule has 1 heterocycles. The summed E-state index contributed by atoms with van der Waals surface area (Å²) < 4.78 is 20.6. The lowest BCUT2D eigenvalue weighted by atomic mass is 9.91. The summed E-state index contributed by atoms with van der Waals surface area (Å²) in [5.41, 5.74) is 1.16. The lowest BCUT2D eigenvalue weighted by Gasteiger charge is -2.29. The number of carbonyl (C=O) groups excluding carboxylic acids is 1. The Kier molecular flexibility index (Phi) is 4.87. The average Bonchev–Trinajstić information content (AvgIpc) is 2.88. The number of hydrogen-bond acceptors (Lipinski definition) is 4. The SMILES string of the molecule is CCOC(=O)NC1CCC(Nc2nc3c(F)cccc3n2C)CC1. The van der Waals surface area contributed by atoms with E-state index in [9.17, 15) is 9.18 Å². The highest BCUT2D eigenvalue weighted by molar-refractivity contribution is 5.79. The normalized spacial score (nSPS) is 20.8. The summed E-state index contributed by atoms with van der Waals surface area (Å²) in [6.07, 6.45) is 3.26. The molecule has 24 heavy (non-hydrogen) atoms. The lowest BCUT2D eigenvalue weighted by molar-refractivity contribution is 0.144. The van der Waals surface area contributed by atoms with Gasteiger partial charge in [-0.25, -0.2) is 14.2 Å². The van der Waals surface area contributed by atoms with Gasteiger partial charge in [0.1, 0.15) is 5.52 Å². The zero-order valence-corrected chi connectivity index (χ0v) is 14.0. The number of amides is 1. The first-order chi connectivity index (χ1) is 11.6. The molecule has 1 aliphatic rings. The van der Waals surface area contributed by atoms with E-state index in [4.69, 9.17) is 4.74 Å². The van der Waals surface area contributed by atoms with Crippen molar-refractivity contribution >= 4 is 23.1 Å². The Morgan fingerprint density at radius 1 is 1.33 bits per heavy atom. The second kappa shape index (κ2) is 7.07. The van der Waals surface area contributed by atoms with E-state index in [0.29, 0.717) is 18.1 Å². The number of aryl methyl sites for hydroxylation is 1. The number of para-hydroxylation sites is 1. The van der Waals surface area contributed by atoms with Gasteiger partial charge in [-0.05, 0) is 44.7 Å². The van der Waals surface area contributed by atoms with Crippen LogP contribution in [0, 0.1) is 5.82 Å². The van der Waals surface area contributed by atoms with Crippen LogP contribution < -0.4 is 10.6 Å². The number of benzene rings is 1. The fraction of sp³-hybridized carbons (Fsp3) is 0.529. The van der Waals surface area contributed by atoms with Crippen LogP contribution in [0.2, 0.25) is 0 Å². The number of alkyl carbamates (subject to hydrolysis) is 1. The number of halogens is 1. The van der Waals surface area contributed by atoms with E-state index < -0.39 is 0 Å². The number of nitrogens with zero attached hydrogens (tertiary/aromatic N) is 2. The molecular weight excluding hydrogens is 311 g/mol. The molecule has 1 fully saturated rings. The number of fused-ring (bicyclic) bond motifs is 1. The molecule has 0 spiro atoms. The van der Waals surface area contributed by atoms with Gasteiger partial charge >= 0.3 is 6.09 Å². The van der Waals surface area contributed by atoms with Crippen molar-refractivity contribution in [1.29, 1.82) is 0 Å². The van der Waals surface area contributed by atoms with Crippen LogP contribution >= 0.6 is 0 Å². The van der Waals surface area contributed by atoms with E-state index in [1.807, 2.05) is 17.7 Å². The summed E-state index contributed by atoms with van der Waals surface area (Å²) >= 11 is 0. The molecule has 1 amide bonds. The Morgan fingerprint density at radius 3 is 2.71 bits per heavy atom. The minimum atomic E-state index is -0.347. The largest absolute Gasteiger partial charge is 0.450 e. The number of ether oxygens (including phenoxy) is 1. The summed E-state index contributed by atoms with van der Waals surface area (Å²) in [5.74, 6) is 0.371. The number of nitrogens with one attached hydrogen (secondary N) is 2. The zero-order chi connectivity index (χ0) is 17.1. The summed E-state index contributed by atoms with van der Waals surface area (Å²) in [6.45, 7) is 2.17. The van der Waals surface area contributed by atoms with Crippen molar-refractivity contribution in [2.24, 2.45) is 7.05 Å². The molecule has 1 aliphatic carbocycles. The Labute approximate surface area is 140 Å². The third-order valence-electron chi connectivity index (χ3n) is 4.52. The Balaban J connectivity index is 1.60. The number of rotatable bonds is 4. The molecule has 1 aromatic carbocycles. The van der Waals surface area contributed by atoms with Crippen LogP contribution in [0.4, 0.5) is 15.1 Å². The molecule has 7 heteroatoms. The molecule has 2 N–H and O–H groups in total. The van der Waals surface area contributed by atoms with E-state index in [-0.39, 0.29) is 24.0 Å². The van der Waals surface area contributed by atoms with Crippen LogP contribution in [-0.4, -0.2) is 34.3 Å². The van der Waals surface area contributed by atoms with E-state index in [0.717, 1.165) is 31.2 Å². The van der Waals surface area contributed by atoms with Gasteiger partial charge in [-0.1, -0.05) is 6.07 Å². The third kappa shape index (κ3) is 3.44. The Hall–Kier alpha value is -2.31. The quantitative estimate of drug-likeness (QED) is 0.901. The molecule has 3 rings (SSSR count). The maximum absolute atomic E-state index is 13.8. The molecule has 130 valence electrons. The molecule has 1 saturated carbocycles. The standard InChI is InChI=1S/C17H23FN4O2/c1-3-24-17(23)20-12-9-7-11(8-10-12)19-16-21-15-13(18)5-4-6-14(15)22(16)2/h4-6,11-12H,3,7-10H2,1-2H3,(H,19,21)(H,20,23). The van der Waals surface area contributed by atoms with Gasteiger partial charge in [-0.2, -0.15) is 0 Å². The minimum Gasteiger partial charge on any atom is -0.450 e. The Morgan fingerprint density at radius 2 is 2.04 bits per heavy atom. The van der Waals surface area contributed by atoms with Crippen molar-refractivity contribution in [3.63, 3.8) is 0 Å². The molecule has 0 aliphatic heterocycles. The Bertz CT molecular complexity index is 723. The summed E-state index contributed by atoms with van der Waals surface area (Å²) in [7, 11) is 1.88. The van der Waals surface area contributed by atoms with Gasteiger partial charge < -0.3 is 19.9 Å². The maximum Gasteiger partial charge on any atom is 0.407 e. The molecule has 0 bridgehead atoms. The van der Waals surface area contributed by atoms with Crippen molar-refractivity contribution in [2.75, 3.05) is 11.9 Å². The van der Waals surface area contributed by atoms with Crippen molar-refractivity contribution < 1.29 is 13.9 Å². The fourth-order valence-electron chi connectivity index (χ4n) is 3.21.